The molecule has 3 aliphatic carbocycles. The molecule has 0 amide bonds. The number of carbonyl (C=O) groups is 2. The number of hydrogen-bond acceptors (Lipinski definition) is 3. The Hall–Kier alpha value is -0.960. The summed E-state index contributed by atoms with van der Waals surface area (Å²) < 4.78 is 0. The molecule has 3 rings (SSSR count). The summed E-state index contributed by atoms with van der Waals surface area (Å²) in [4.78, 5) is 26.1. The molecule has 0 saturated heterocycles. The Morgan fingerprint density at radius 2 is 1.87 bits per heavy atom. The van der Waals surface area contributed by atoms with E-state index in [1.165, 1.54) is 0 Å². The van der Waals surface area contributed by atoms with Crippen LogP contribution in [-0.4, -0.2) is 22.8 Å². The molecule has 23 heavy (non-hydrogen) atoms. The summed E-state index contributed by atoms with van der Waals surface area (Å²) in [6.45, 7) is 12.1. The number of allylic oxidation sites excluding steroid dienone is 1. The van der Waals surface area contributed by atoms with Crippen LogP contribution in [0.4, 0.5) is 0 Å². The second-order valence-corrected chi connectivity index (χ2v) is 8.87. The van der Waals surface area contributed by atoms with Crippen LogP contribution in [0.3, 0.4) is 0 Å². The lowest BCUT2D eigenvalue weighted by Crippen LogP contribution is -2.61. The lowest BCUT2D eigenvalue weighted by molar-refractivity contribution is -0.175. The number of aliphatic hydroxyl groups excluding tert-OH is 1. The molecular weight excluding hydrogens is 288 g/mol. The van der Waals surface area contributed by atoms with E-state index in [1.54, 1.807) is 6.08 Å². The van der Waals surface area contributed by atoms with Crippen molar-refractivity contribution < 1.29 is 14.7 Å². The van der Waals surface area contributed by atoms with Crippen LogP contribution in [0.25, 0.3) is 0 Å². The minimum Gasteiger partial charge on any atom is -0.392 e. The highest BCUT2D eigenvalue weighted by Gasteiger charge is 2.67. The fraction of sp³-hybridized carbons (Fsp3) is 0.800. The summed E-state index contributed by atoms with van der Waals surface area (Å²) in [6, 6.07) is 0. The fourth-order valence-corrected chi connectivity index (χ4v) is 6.15. The first-order chi connectivity index (χ1) is 10.6. The maximum atomic E-state index is 13.2. The number of aliphatic hydroxyl groups is 1. The molecule has 0 radical (unpaired) electrons. The van der Waals surface area contributed by atoms with Crippen molar-refractivity contribution in [3.8, 4) is 0 Å². The van der Waals surface area contributed by atoms with Gasteiger partial charge < -0.3 is 5.11 Å². The first-order valence-corrected chi connectivity index (χ1v) is 9.02. The molecule has 3 nitrogen and oxygen atoms in total. The van der Waals surface area contributed by atoms with Crippen LogP contribution < -0.4 is 0 Å². The Bertz CT molecular complexity index is 567. The summed E-state index contributed by atoms with van der Waals surface area (Å²) in [5, 5.41) is 11.1. The maximum Gasteiger partial charge on any atom is 0.145 e. The van der Waals surface area contributed by atoms with Crippen LogP contribution in [0.5, 0.6) is 0 Å². The van der Waals surface area contributed by atoms with E-state index >= 15 is 0 Å². The van der Waals surface area contributed by atoms with Gasteiger partial charge in [0.1, 0.15) is 11.6 Å². The Morgan fingerprint density at radius 3 is 2.48 bits per heavy atom. The molecule has 0 heterocycles. The van der Waals surface area contributed by atoms with Crippen LogP contribution in [0.2, 0.25) is 0 Å². The summed E-state index contributed by atoms with van der Waals surface area (Å²) in [5.74, 6) is 0.373. The van der Waals surface area contributed by atoms with Gasteiger partial charge in [-0.1, -0.05) is 26.8 Å². The largest absolute Gasteiger partial charge is 0.392 e. The van der Waals surface area contributed by atoms with Crippen molar-refractivity contribution in [2.75, 3.05) is 0 Å². The van der Waals surface area contributed by atoms with E-state index in [9.17, 15) is 14.7 Å². The van der Waals surface area contributed by atoms with Gasteiger partial charge in [-0.3, -0.25) is 9.59 Å². The molecular formula is C20H30O3. The lowest BCUT2D eigenvalue weighted by atomic mass is 9.44. The smallest absolute Gasteiger partial charge is 0.145 e. The van der Waals surface area contributed by atoms with Crippen molar-refractivity contribution in [2.24, 2.45) is 34.0 Å². The predicted octanol–water partition coefficient (Wildman–Crippen LogP) is 3.55. The average Bonchev–Trinajstić information content (AvgIpc) is 2.87. The molecule has 0 aromatic heterocycles. The van der Waals surface area contributed by atoms with Crippen molar-refractivity contribution in [3.05, 3.63) is 12.7 Å². The van der Waals surface area contributed by atoms with Gasteiger partial charge in [0.15, 0.2) is 0 Å². The molecule has 7 atom stereocenters. The van der Waals surface area contributed by atoms with E-state index in [2.05, 4.69) is 20.4 Å². The Morgan fingerprint density at radius 1 is 1.22 bits per heavy atom. The molecule has 0 unspecified atom stereocenters. The van der Waals surface area contributed by atoms with Gasteiger partial charge in [-0.05, 0) is 43.9 Å². The Labute approximate surface area is 139 Å². The molecule has 3 fully saturated rings. The molecule has 1 N–H and O–H groups in total. The minimum absolute atomic E-state index is 0.152. The quantitative estimate of drug-likeness (QED) is 0.752. The van der Waals surface area contributed by atoms with Gasteiger partial charge in [-0.2, -0.15) is 0 Å². The molecule has 3 saturated carbocycles. The monoisotopic (exact) mass is 318 g/mol. The Balaban J connectivity index is 2.23. The number of hydrogen-bond donors (Lipinski definition) is 1. The van der Waals surface area contributed by atoms with Crippen molar-refractivity contribution in [1.29, 1.82) is 0 Å². The third kappa shape index (κ3) is 1.92. The van der Waals surface area contributed by atoms with Gasteiger partial charge in [-0.15, -0.1) is 6.58 Å². The zero-order valence-corrected chi connectivity index (χ0v) is 14.9. The third-order valence-electron chi connectivity index (χ3n) is 8.06. The van der Waals surface area contributed by atoms with E-state index in [4.69, 9.17) is 0 Å². The van der Waals surface area contributed by atoms with Crippen molar-refractivity contribution >= 4 is 11.6 Å². The molecule has 0 aromatic rings. The Kier molecular flexibility index (Phi) is 3.68. The molecule has 0 aromatic carbocycles. The highest BCUT2D eigenvalue weighted by molar-refractivity contribution is 5.92. The van der Waals surface area contributed by atoms with Gasteiger partial charge in [0.05, 0.1) is 6.10 Å². The maximum absolute atomic E-state index is 13.2. The van der Waals surface area contributed by atoms with Crippen LogP contribution in [0.15, 0.2) is 12.7 Å². The molecule has 2 bridgehead atoms. The number of carbonyl (C=O) groups excluding carboxylic acids is 2. The first-order valence-electron chi connectivity index (χ1n) is 9.02. The van der Waals surface area contributed by atoms with Crippen molar-refractivity contribution in [1.82, 2.24) is 0 Å². The zero-order valence-electron chi connectivity index (χ0n) is 14.9. The van der Waals surface area contributed by atoms with E-state index in [1.807, 2.05) is 13.8 Å². The SMILES string of the molecule is C=C[C@]1(C)C[C@@H](O)[C@@]2(C)[C@H](C)CC[C@@]3(CCC(=O)[C@H]32)[C@@H](C)C1=O. The number of Topliss-reactive ketones (excluding diaryl/α,β-unsaturated/α-hetero) is 2. The minimum atomic E-state index is -0.708. The van der Waals surface area contributed by atoms with Gasteiger partial charge >= 0.3 is 0 Å². The number of ketones is 2. The first kappa shape index (κ1) is 16.9. The number of rotatable bonds is 1. The molecule has 128 valence electrons. The summed E-state index contributed by atoms with van der Waals surface area (Å²) in [5.41, 5.74) is -1.41. The van der Waals surface area contributed by atoms with Crippen molar-refractivity contribution in [2.45, 2.75) is 65.9 Å². The van der Waals surface area contributed by atoms with Crippen LogP contribution >= 0.6 is 0 Å². The van der Waals surface area contributed by atoms with Gasteiger partial charge in [0, 0.05) is 29.1 Å². The van der Waals surface area contributed by atoms with Crippen LogP contribution in [0.1, 0.15) is 59.8 Å². The van der Waals surface area contributed by atoms with E-state index < -0.39 is 16.9 Å². The van der Waals surface area contributed by atoms with Gasteiger partial charge in [0.25, 0.3) is 0 Å². The van der Waals surface area contributed by atoms with Gasteiger partial charge in [-0.25, -0.2) is 0 Å². The summed E-state index contributed by atoms with van der Waals surface area (Å²) >= 11 is 0. The molecule has 0 spiro atoms. The summed E-state index contributed by atoms with van der Waals surface area (Å²) in [7, 11) is 0. The molecule has 3 aliphatic rings. The standard InChI is InChI=1S/C20H30O3/c1-6-18(4)11-15(22)19(5)12(2)7-9-20(13(3)17(18)23)10-8-14(21)16(19)20/h6,12-13,15-16,22H,1,7-11H2,2-5H3/t12-,13+,15-,16+,18-,19-,20-/m1/s1. The topological polar surface area (TPSA) is 54.4 Å². The van der Waals surface area contributed by atoms with E-state index in [0.717, 1.165) is 19.3 Å². The van der Waals surface area contributed by atoms with Crippen LogP contribution in [-0.2, 0) is 9.59 Å². The lowest BCUT2D eigenvalue weighted by Gasteiger charge is -2.59. The summed E-state index contributed by atoms with van der Waals surface area (Å²) in [6.07, 6.45) is 4.71. The third-order valence-corrected chi connectivity index (χ3v) is 8.06. The second kappa shape index (κ2) is 5.02. The highest BCUT2D eigenvalue weighted by Crippen LogP contribution is 2.66. The highest BCUT2D eigenvalue weighted by atomic mass is 16.3. The second-order valence-electron chi connectivity index (χ2n) is 8.87. The predicted molar refractivity (Wildman–Crippen MR) is 89.8 cm³/mol. The average molecular weight is 318 g/mol. The fourth-order valence-electron chi connectivity index (χ4n) is 6.15. The normalized spacial score (nSPS) is 53.4. The zero-order chi connectivity index (χ0) is 17.2. The van der Waals surface area contributed by atoms with Crippen molar-refractivity contribution in [3.63, 3.8) is 0 Å². The molecule has 0 aliphatic heterocycles. The molecule has 3 heteroatoms. The van der Waals surface area contributed by atoms with E-state index in [0.29, 0.717) is 12.8 Å². The van der Waals surface area contributed by atoms with Gasteiger partial charge in [0.2, 0.25) is 0 Å². The van der Waals surface area contributed by atoms with E-state index in [-0.39, 0.29) is 34.7 Å². The van der Waals surface area contributed by atoms with Crippen LogP contribution in [0, 0.1) is 34.0 Å².